The summed E-state index contributed by atoms with van der Waals surface area (Å²) in [5.41, 5.74) is 7.97. The van der Waals surface area contributed by atoms with E-state index >= 15 is 0 Å². The average Bonchev–Trinajstić information content (AvgIpc) is 2.68. The fourth-order valence-electron chi connectivity index (χ4n) is 3.70. The first-order chi connectivity index (χ1) is 12.6. The van der Waals surface area contributed by atoms with Crippen LogP contribution < -0.4 is 5.73 Å². The van der Waals surface area contributed by atoms with Gasteiger partial charge in [0, 0.05) is 11.8 Å². The van der Waals surface area contributed by atoms with Crippen LogP contribution in [0.2, 0.25) is 0 Å². The minimum atomic E-state index is -0.601. The van der Waals surface area contributed by atoms with E-state index in [0.717, 1.165) is 41.2 Å². The van der Waals surface area contributed by atoms with Gasteiger partial charge < -0.3 is 5.73 Å². The first-order valence-corrected chi connectivity index (χ1v) is 9.36. The molecule has 2 amide bonds. The highest BCUT2D eigenvalue weighted by molar-refractivity contribution is 6.25. The number of hydrogen-bond acceptors (Lipinski definition) is 2. The molecule has 26 heavy (non-hydrogen) atoms. The van der Waals surface area contributed by atoms with Crippen molar-refractivity contribution in [2.75, 3.05) is 0 Å². The van der Waals surface area contributed by atoms with Gasteiger partial charge in [-0.1, -0.05) is 61.7 Å². The predicted octanol–water partition coefficient (Wildman–Crippen LogP) is 4.63. The van der Waals surface area contributed by atoms with Crippen molar-refractivity contribution < 1.29 is 9.59 Å². The SMILES string of the molecule is NC(=O)c1cccc(C2CCCCC2)c1C(=O)N(Cl)Cc1ccccc1. The number of nitrogens with zero attached hydrogens (tertiary/aromatic N) is 1. The Morgan fingerprint density at radius 1 is 1.00 bits per heavy atom. The summed E-state index contributed by atoms with van der Waals surface area (Å²) in [5.74, 6) is -0.704. The number of hydrogen-bond donors (Lipinski definition) is 1. The topological polar surface area (TPSA) is 63.4 Å². The van der Waals surface area contributed by atoms with Crippen LogP contribution in [0.3, 0.4) is 0 Å². The molecule has 4 nitrogen and oxygen atoms in total. The van der Waals surface area contributed by atoms with Crippen LogP contribution >= 0.6 is 11.8 Å². The zero-order valence-electron chi connectivity index (χ0n) is 14.7. The molecular weight excluding hydrogens is 348 g/mol. The molecule has 0 heterocycles. The van der Waals surface area contributed by atoms with Crippen molar-refractivity contribution in [3.63, 3.8) is 0 Å². The van der Waals surface area contributed by atoms with Crippen LogP contribution in [-0.4, -0.2) is 16.2 Å². The number of carbonyl (C=O) groups excluding carboxylic acids is 2. The predicted molar refractivity (Wildman–Crippen MR) is 103 cm³/mol. The van der Waals surface area contributed by atoms with Crippen molar-refractivity contribution in [2.45, 2.75) is 44.6 Å². The van der Waals surface area contributed by atoms with E-state index in [1.54, 1.807) is 12.1 Å². The van der Waals surface area contributed by atoms with Gasteiger partial charge in [-0.15, -0.1) is 0 Å². The molecule has 1 fully saturated rings. The third kappa shape index (κ3) is 4.07. The first-order valence-electron chi connectivity index (χ1n) is 9.02. The lowest BCUT2D eigenvalue weighted by molar-refractivity contribution is 0.0847. The standard InChI is InChI=1S/C21H23ClN2O2/c22-24(14-15-8-3-1-4-9-15)21(26)19-17(16-10-5-2-6-11-16)12-7-13-18(19)20(23)25/h1,3-4,7-9,12-13,16H,2,5-6,10-11,14H2,(H2,23,25). The molecule has 0 bridgehead atoms. The molecule has 1 saturated carbocycles. The van der Waals surface area contributed by atoms with Crippen molar-refractivity contribution in [1.82, 2.24) is 4.42 Å². The largest absolute Gasteiger partial charge is 0.366 e. The van der Waals surface area contributed by atoms with Gasteiger partial charge >= 0.3 is 0 Å². The Bertz CT molecular complexity index is 786. The quantitative estimate of drug-likeness (QED) is 0.780. The molecule has 2 N–H and O–H groups in total. The van der Waals surface area contributed by atoms with E-state index in [1.165, 1.54) is 6.42 Å². The molecule has 2 aromatic rings. The summed E-state index contributed by atoms with van der Waals surface area (Å²) in [7, 11) is 0. The molecule has 136 valence electrons. The van der Waals surface area contributed by atoms with E-state index in [0.29, 0.717) is 5.56 Å². The van der Waals surface area contributed by atoms with Gasteiger partial charge in [-0.2, -0.15) is 0 Å². The summed E-state index contributed by atoms with van der Waals surface area (Å²) in [5, 5.41) is 0. The van der Waals surface area contributed by atoms with E-state index in [2.05, 4.69) is 0 Å². The summed E-state index contributed by atoms with van der Waals surface area (Å²) in [6.45, 7) is 0.262. The summed E-state index contributed by atoms with van der Waals surface area (Å²) in [6.07, 6.45) is 5.51. The minimum Gasteiger partial charge on any atom is -0.366 e. The number of halogens is 1. The molecule has 3 rings (SSSR count). The Hall–Kier alpha value is -2.33. The van der Waals surface area contributed by atoms with Crippen LogP contribution in [0.1, 0.15) is 69.9 Å². The van der Waals surface area contributed by atoms with Crippen molar-refractivity contribution in [2.24, 2.45) is 5.73 Å². The molecule has 0 spiro atoms. The number of primary amides is 1. The summed E-state index contributed by atoms with van der Waals surface area (Å²) >= 11 is 6.32. The number of benzene rings is 2. The normalized spacial score (nSPS) is 14.8. The summed E-state index contributed by atoms with van der Waals surface area (Å²) < 4.78 is 1.14. The third-order valence-electron chi connectivity index (χ3n) is 5.01. The second kappa shape index (κ2) is 8.37. The molecule has 1 aliphatic carbocycles. The fourth-order valence-corrected chi connectivity index (χ4v) is 3.93. The van der Waals surface area contributed by atoms with Crippen LogP contribution in [0.4, 0.5) is 0 Å². The molecular formula is C21H23ClN2O2. The van der Waals surface area contributed by atoms with E-state index in [-0.39, 0.29) is 23.9 Å². The van der Waals surface area contributed by atoms with E-state index in [4.69, 9.17) is 17.5 Å². The zero-order valence-corrected chi connectivity index (χ0v) is 15.4. The molecule has 0 aromatic heterocycles. The maximum Gasteiger partial charge on any atom is 0.269 e. The Morgan fingerprint density at radius 3 is 2.35 bits per heavy atom. The molecule has 2 aromatic carbocycles. The second-order valence-electron chi connectivity index (χ2n) is 6.78. The first kappa shape index (κ1) is 18.5. The molecule has 1 aliphatic rings. The maximum atomic E-state index is 13.1. The maximum absolute atomic E-state index is 13.1. The van der Waals surface area contributed by atoms with Crippen molar-refractivity contribution >= 4 is 23.6 Å². The number of nitrogens with two attached hydrogens (primary N) is 1. The number of rotatable bonds is 5. The molecule has 5 heteroatoms. The minimum absolute atomic E-state index is 0.247. The highest BCUT2D eigenvalue weighted by atomic mass is 35.5. The Balaban J connectivity index is 1.95. The van der Waals surface area contributed by atoms with Crippen molar-refractivity contribution in [3.05, 3.63) is 70.8 Å². The van der Waals surface area contributed by atoms with Gasteiger partial charge in [0.1, 0.15) is 0 Å². The Kier molecular flexibility index (Phi) is 5.94. The molecule has 0 saturated heterocycles. The zero-order chi connectivity index (χ0) is 18.5. The Morgan fingerprint density at radius 2 is 1.69 bits per heavy atom. The summed E-state index contributed by atoms with van der Waals surface area (Å²) in [4.78, 5) is 25.1. The summed E-state index contributed by atoms with van der Waals surface area (Å²) in [6, 6.07) is 14.9. The molecule has 0 unspecified atom stereocenters. The highest BCUT2D eigenvalue weighted by Gasteiger charge is 2.28. The Labute approximate surface area is 159 Å². The van der Waals surface area contributed by atoms with Gasteiger partial charge in [-0.05, 0) is 36.0 Å². The number of amides is 2. The van der Waals surface area contributed by atoms with Gasteiger partial charge in [0.2, 0.25) is 5.91 Å². The van der Waals surface area contributed by atoms with Crippen LogP contribution in [0.15, 0.2) is 48.5 Å². The van der Waals surface area contributed by atoms with Gasteiger partial charge in [-0.25, -0.2) is 4.42 Å². The highest BCUT2D eigenvalue weighted by Crippen LogP contribution is 2.36. The van der Waals surface area contributed by atoms with Crippen LogP contribution in [0.25, 0.3) is 0 Å². The lowest BCUT2D eigenvalue weighted by atomic mass is 9.80. The van der Waals surface area contributed by atoms with Crippen LogP contribution in [0.5, 0.6) is 0 Å². The van der Waals surface area contributed by atoms with E-state index in [9.17, 15) is 9.59 Å². The second-order valence-corrected chi connectivity index (χ2v) is 7.19. The molecule has 0 atom stereocenters. The van der Waals surface area contributed by atoms with Crippen molar-refractivity contribution in [3.8, 4) is 0 Å². The third-order valence-corrected chi connectivity index (χ3v) is 5.28. The van der Waals surface area contributed by atoms with Crippen LogP contribution in [-0.2, 0) is 6.54 Å². The van der Waals surface area contributed by atoms with E-state index < -0.39 is 5.91 Å². The van der Waals surface area contributed by atoms with Crippen LogP contribution in [0, 0.1) is 0 Å². The van der Waals surface area contributed by atoms with Gasteiger partial charge in [-0.3, -0.25) is 9.59 Å². The molecule has 0 aliphatic heterocycles. The lowest BCUT2D eigenvalue weighted by Crippen LogP contribution is -2.27. The number of carbonyl (C=O) groups is 2. The average molecular weight is 371 g/mol. The van der Waals surface area contributed by atoms with Gasteiger partial charge in [0.15, 0.2) is 0 Å². The van der Waals surface area contributed by atoms with Gasteiger partial charge in [0.25, 0.3) is 5.91 Å². The van der Waals surface area contributed by atoms with E-state index in [1.807, 2.05) is 36.4 Å². The monoisotopic (exact) mass is 370 g/mol. The molecule has 0 radical (unpaired) electrons. The smallest absolute Gasteiger partial charge is 0.269 e. The fraction of sp³-hybridized carbons (Fsp3) is 0.333. The van der Waals surface area contributed by atoms with Gasteiger partial charge in [0.05, 0.1) is 17.7 Å². The van der Waals surface area contributed by atoms with Crippen molar-refractivity contribution in [1.29, 1.82) is 0 Å². The lowest BCUT2D eigenvalue weighted by Gasteiger charge is -2.26.